The molecule has 2 N–H and O–H groups in total. The molecule has 90 valence electrons. The van der Waals surface area contributed by atoms with Crippen LogP contribution in [0.2, 0.25) is 0 Å². The van der Waals surface area contributed by atoms with E-state index in [-0.39, 0.29) is 0 Å². The standard InChI is InChI=1S/C11H19N3OS/c1-2-9-7-14(4-3-5-15-9)8-10-6-13-11(12)16-10/h6,9H,2-5,7-8H2,1H3,(H2,12,13). The molecule has 1 aromatic heterocycles. The van der Waals surface area contributed by atoms with Crippen molar-refractivity contribution in [3.8, 4) is 0 Å². The van der Waals surface area contributed by atoms with Crippen LogP contribution in [0.3, 0.4) is 0 Å². The summed E-state index contributed by atoms with van der Waals surface area (Å²) in [5, 5.41) is 0.660. The normalized spacial score (nSPS) is 23.2. The molecule has 0 saturated carbocycles. The van der Waals surface area contributed by atoms with Gasteiger partial charge in [-0.2, -0.15) is 0 Å². The fourth-order valence-corrected chi connectivity index (χ4v) is 2.70. The van der Waals surface area contributed by atoms with Gasteiger partial charge in [-0.05, 0) is 12.8 Å². The molecule has 0 spiro atoms. The summed E-state index contributed by atoms with van der Waals surface area (Å²) < 4.78 is 5.75. The van der Waals surface area contributed by atoms with Crippen LogP contribution in [-0.4, -0.2) is 35.7 Å². The molecule has 1 fully saturated rings. The Labute approximate surface area is 100 Å². The lowest BCUT2D eigenvalue weighted by Gasteiger charge is -2.21. The van der Waals surface area contributed by atoms with Crippen molar-refractivity contribution in [3.05, 3.63) is 11.1 Å². The van der Waals surface area contributed by atoms with Gasteiger partial charge in [0.2, 0.25) is 0 Å². The van der Waals surface area contributed by atoms with Crippen LogP contribution >= 0.6 is 11.3 Å². The number of nitrogen functional groups attached to an aromatic ring is 1. The highest BCUT2D eigenvalue weighted by molar-refractivity contribution is 7.15. The molecule has 1 saturated heterocycles. The molecular weight excluding hydrogens is 222 g/mol. The topological polar surface area (TPSA) is 51.4 Å². The van der Waals surface area contributed by atoms with Crippen LogP contribution in [0.15, 0.2) is 6.20 Å². The molecule has 1 unspecified atom stereocenters. The predicted octanol–water partition coefficient (Wildman–Crippen LogP) is 1.73. The van der Waals surface area contributed by atoms with E-state index in [9.17, 15) is 0 Å². The summed E-state index contributed by atoms with van der Waals surface area (Å²) in [5.41, 5.74) is 5.63. The molecule has 1 atom stereocenters. The number of hydrogen-bond acceptors (Lipinski definition) is 5. The zero-order valence-electron chi connectivity index (χ0n) is 9.69. The second-order valence-electron chi connectivity index (χ2n) is 4.15. The van der Waals surface area contributed by atoms with Crippen molar-refractivity contribution in [3.63, 3.8) is 0 Å². The van der Waals surface area contributed by atoms with E-state index in [4.69, 9.17) is 10.5 Å². The summed E-state index contributed by atoms with van der Waals surface area (Å²) >= 11 is 1.58. The van der Waals surface area contributed by atoms with Crippen molar-refractivity contribution < 1.29 is 4.74 Å². The maximum absolute atomic E-state index is 5.75. The lowest BCUT2D eigenvalue weighted by atomic mass is 10.2. The van der Waals surface area contributed by atoms with Crippen LogP contribution in [0.1, 0.15) is 24.6 Å². The van der Waals surface area contributed by atoms with Crippen molar-refractivity contribution in [2.24, 2.45) is 0 Å². The number of nitrogens with zero attached hydrogens (tertiary/aromatic N) is 2. The highest BCUT2D eigenvalue weighted by Gasteiger charge is 2.17. The van der Waals surface area contributed by atoms with Gasteiger partial charge >= 0.3 is 0 Å². The first-order chi connectivity index (χ1) is 7.78. The zero-order chi connectivity index (χ0) is 11.4. The van der Waals surface area contributed by atoms with Crippen molar-refractivity contribution in [2.45, 2.75) is 32.4 Å². The Bertz CT molecular complexity index is 329. The average Bonchev–Trinajstić information content (AvgIpc) is 2.55. The zero-order valence-corrected chi connectivity index (χ0v) is 10.5. The first kappa shape index (κ1) is 11.8. The number of hydrogen-bond donors (Lipinski definition) is 1. The minimum absolute atomic E-state index is 0.382. The van der Waals surface area contributed by atoms with Crippen molar-refractivity contribution >= 4 is 16.5 Å². The molecule has 1 aliphatic heterocycles. The molecule has 4 nitrogen and oxygen atoms in total. The van der Waals surface area contributed by atoms with Crippen LogP contribution < -0.4 is 5.73 Å². The van der Waals surface area contributed by atoms with E-state index in [2.05, 4.69) is 16.8 Å². The van der Waals surface area contributed by atoms with Gasteiger partial charge in [0.15, 0.2) is 5.13 Å². The minimum Gasteiger partial charge on any atom is -0.377 e. The van der Waals surface area contributed by atoms with E-state index < -0.39 is 0 Å². The maximum Gasteiger partial charge on any atom is 0.180 e. The molecule has 0 bridgehead atoms. The Balaban J connectivity index is 1.92. The molecule has 0 aromatic carbocycles. The molecule has 2 rings (SSSR count). The van der Waals surface area contributed by atoms with Gasteiger partial charge in [0.25, 0.3) is 0 Å². The number of aromatic nitrogens is 1. The molecular formula is C11H19N3OS. The quantitative estimate of drug-likeness (QED) is 0.875. The van der Waals surface area contributed by atoms with Crippen LogP contribution in [-0.2, 0) is 11.3 Å². The second kappa shape index (κ2) is 5.61. The first-order valence-corrected chi connectivity index (χ1v) is 6.63. The summed E-state index contributed by atoms with van der Waals surface area (Å²) in [6.45, 7) is 6.15. The molecule has 1 aliphatic rings. The van der Waals surface area contributed by atoms with Crippen LogP contribution in [0.25, 0.3) is 0 Å². The average molecular weight is 241 g/mol. The minimum atomic E-state index is 0.382. The van der Waals surface area contributed by atoms with E-state index in [1.165, 1.54) is 4.88 Å². The number of rotatable bonds is 3. The number of anilines is 1. The van der Waals surface area contributed by atoms with Crippen LogP contribution in [0.4, 0.5) is 5.13 Å². The summed E-state index contributed by atoms with van der Waals surface area (Å²) in [5.74, 6) is 0. The Morgan fingerprint density at radius 2 is 2.56 bits per heavy atom. The lowest BCUT2D eigenvalue weighted by molar-refractivity contribution is 0.0511. The van der Waals surface area contributed by atoms with E-state index in [1.807, 2.05) is 6.20 Å². The monoisotopic (exact) mass is 241 g/mol. The van der Waals surface area contributed by atoms with Gasteiger partial charge in [-0.15, -0.1) is 11.3 Å². The van der Waals surface area contributed by atoms with Gasteiger partial charge in [0, 0.05) is 37.3 Å². The SMILES string of the molecule is CCC1CN(Cc2cnc(N)s2)CCCO1. The largest absolute Gasteiger partial charge is 0.377 e. The third-order valence-electron chi connectivity index (χ3n) is 2.84. The fraction of sp³-hybridized carbons (Fsp3) is 0.727. The second-order valence-corrected chi connectivity index (χ2v) is 5.30. The Morgan fingerprint density at radius 3 is 3.25 bits per heavy atom. The molecule has 0 aliphatic carbocycles. The molecule has 0 radical (unpaired) electrons. The molecule has 0 amide bonds. The molecule has 16 heavy (non-hydrogen) atoms. The predicted molar refractivity (Wildman–Crippen MR) is 66.5 cm³/mol. The van der Waals surface area contributed by atoms with E-state index in [1.54, 1.807) is 11.3 Å². The number of nitrogens with two attached hydrogens (primary N) is 1. The number of ether oxygens (including phenoxy) is 1. The molecule has 5 heteroatoms. The summed E-state index contributed by atoms with van der Waals surface area (Å²) in [6, 6.07) is 0. The third kappa shape index (κ3) is 3.17. The Hall–Kier alpha value is -0.650. The first-order valence-electron chi connectivity index (χ1n) is 5.82. The molecule has 2 heterocycles. The van der Waals surface area contributed by atoms with Crippen LogP contribution in [0.5, 0.6) is 0 Å². The van der Waals surface area contributed by atoms with E-state index in [0.29, 0.717) is 11.2 Å². The smallest absolute Gasteiger partial charge is 0.180 e. The highest BCUT2D eigenvalue weighted by atomic mass is 32.1. The summed E-state index contributed by atoms with van der Waals surface area (Å²) in [6.07, 6.45) is 4.46. The van der Waals surface area contributed by atoms with Gasteiger partial charge in [0.05, 0.1) is 6.10 Å². The maximum atomic E-state index is 5.75. The summed E-state index contributed by atoms with van der Waals surface area (Å²) in [4.78, 5) is 7.77. The Morgan fingerprint density at radius 1 is 1.69 bits per heavy atom. The molecule has 1 aromatic rings. The van der Waals surface area contributed by atoms with Crippen molar-refractivity contribution in [2.75, 3.05) is 25.4 Å². The fourth-order valence-electron chi connectivity index (χ4n) is 1.98. The van der Waals surface area contributed by atoms with E-state index >= 15 is 0 Å². The van der Waals surface area contributed by atoms with Crippen molar-refractivity contribution in [1.29, 1.82) is 0 Å². The van der Waals surface area contributed by atoms with Gasteiger partial charge in [-0.25, -0.2) is 4.98 Å². The summed E-state index contributed by atoms with van der Waals surface area (Å²) in [7, 11) is 0. The number of thiazole rings is 1. The van der Waals surface area contributed by atoms with Gasteiger partial charge in [-0.1, -0.05) is 6.92 Å². The lowest BCUT2D eigenvalue weighted by Crippen LogP contribution is -2.30. The van der Waals surface area contributed by atoms with Gasteiger partial charge < -0.3 is 10.5 Å². The Kier molecular flexibility index (Phi) is 4.15. The van der Waals surface area contributed by atoms with Gasteiger partial charge in [-0.3, -0.25) is 4.90 Å². The van der Waals surface area contributed by atoms with Gasteiger partial charge in [0.1, 0.15) is 0 Å². The van der Waals surface area contributed by atoms with E-state index in [0.717, 1.165) is 39.1 Å². The third-order valence-corrected chi connectivity index (χ3v) is 3.65. The highest BCUT2D eigenvalue weighted by Crippen LogP contribution is 2.18. The van der Waals surface area contributed by atoms with Crippen LogP contribution in [0, 0.1) is 0 Å². The van der Waals surface area contributed by atoms with Crippen molar-refractivity contribution in [1.82, 2.24) is 9.88 Å².